The smallest absolute Gasteiger partial charge is 0.281 e. The highest BCUT2D eigenvalue weighted by Crippen LogP contribution is 2.25. The summed E-state index contributed by atoms with van der Waals surface area (Å²) in [6.45, 7) is 0. The highest BCUT2D eigenvalue weighted by Gasteiger charge is 2.31. The van der Waals surface area contributed by atoms with Crippen molar-refractivity contribution in [3.05, 3.63) is 64.8 Å². The van der Waals surface area contributed by atoms with Gasteiger partial charge in [0.05, 0.1) is 12.8 Å². The van der Waals surface area contributed by atoms with Crippen molar-refractivity contribution < 1.29 is 9.53 Å². The van der Waals surface area contributed by atoms with Crippen LogP contribution in [0.4, 0.5) is 5.69 Å². The molecule has 4 nitrogen and oxygen atoms in total. The molecule has 1 fully saturated rings. The molecule has 0 aromatic heterocycles. The predicted octanol–water partition coefficient (Wildman–Crippen LogP) is 3.61. The zero-order chi connectivity index (χ0) is 16.4. The molecule has 1 aliphatic heterocycles. The Kier molecular flexibility index (Phi) is 4.32. The van der Waals surface area contributed by atoms with Crippen molar-refractivity contribution in [3.8, 4) is 5.75 Å². The molecule has 0 bridgehead atoms. The molecule has 1 saturated heterocycles. The lowest BCUT2D eigenvalue weighted by atomic mass is 10.2. The van der Waals surface area contributed by atoms with E-state index in [-0.39, 0.29) is 5.91 Å². The summed E-state index contributed by atoms with van der Waals surface area (Å²) in [5.74, 6) is 0.520. The third-order valence-electron chi connectivity index (χ3n) is 3.39. The van der Waals surface area contributed by atoms with Crippen molar-refractivity contribution in [2.24, 2.45) is 0 Å². The highest BCUT2D eigenvalue weighted by molar-refractivity contribution is 7.80. The number of hydrogen-bond donors (Lipinski definition) is 1. The quantitative estimate of drug-likeness (QED) is 0.682. The molecular formula is C17H13ClN2O2S. The molecule has 1 N–H and O–H groups in total. The van der Waals surface area contributed by atoms with Crippen molar-refractivity contribution in [2.45, 2.75) is 0 Å². The standard InChI is InChI=1S/C17H13ClN2O2S/c1-22-14-8-6-13(7-9-14)20-16(21)15(19-17(20)23)10-11-2-4-12(18)5-3-11/h2-10H,1H3,(H,19,23)/b15-10-. The molecule has 3 rings (SSSR count). The van der Waals surface area contributed by atoms with Crippen LogP contribution in [0, 0.1) is 0 Å². The summed E-state index contributed by atoms with van der Waals surface area (Å²) in [4.78, 5) is 14.0. The predicted molar refractivity (Wildman–Crippen MR) is 95.6 cm³/mol. The molecule has 1 amide bonds. The number of amides is 1. The van der Waals surface area contributed by atoms with Crippen molar-refractivity contribution in [2.75, 3.05) is 12.0 Å². The van der Waals surface area contributed by atoms with Gasteiger partial charge in [0.25, 0.3) is 5.91 Å². The fourth-order valence-corrected chi connectivity index (χ4v) is 2.65. The maximum absolute atomic E-state index is 12.6. The van der Waals surface area contributed by atoms with Gasteiger partial charge in [-0.25, -0.2) is 0 Å². The molecule has 0 spiro atoms. The van der Waals surface area contributed by atoms with Crippen LogP contribution in [-0.4, -0.2) is 18.1 Å². The monoisotopic (exact) mass is 344 g/mol. The van der Waals surface area contributed by atoms with E-state index < -0.39 is 0 Å². The average Bonchev–Trinajstić information content (AvgIpc) is 2.84. The number of thiocarbonyl (C=S) groups is 1. The second-order valence-corrected chi connectivity index (χ2v) is 5.70. The molecule has 1 aliphatic rings. The number of rotatable bonds is 3. The van der Waals surface area contributed by atoms with Crippen molar-refractivity contribution in [3.63, 3.8) is 0 Å². The van der Waals surface area contributed by atoms with Gasteiger partial charge in [-0.15, -0.1) is 0 Å². The Morgan fingerprint density at radius 1 is 1.13 bits per heavy atom. The van der Waals surface area contributed by atoms with Crippen LogP contribution in [0.25, 0.3) is 6.08 Å². The number of benzene rings is 2. The van der Waals surface area contributed by atoms with Gasteiger partial charge in [-0.3, -0.25) is 9.69 Å². The number of halogens is 1. The summed E-state index contributed by atoms with van der Waals surface area (Å²) in [6, 6.07) is 14.4. The Hall–Kier alpha value is -2.37. The number of nitrogens with one attached hydrogen (secondary N) is 1. The van der Waals surface area contributed by atoms with E-state index in [0.29, 0.717) is 21.5 Å². The van der Waals surface area contributed by atoms with Gasteiger partial charge in [0.15, 0.2) is 5.11 Å². The summed E-state index contributed by atoms with van der Waals surface area (Å²) >= 11 is 11.1. The molecule has 6 heteroatoms. The van der Waals surface area contributed by atoms with Gasteiger partial charge in [0.2, 0.25) is 0 Å². The minimum Gasteiger partial charge on any atom is -0.497 e. The first-order chi connectivity index (χ1) is 11.1. The lowest BCUT2D eigenvalue weighted by Gasteiger charge is -2.14. The Bertz CT molecular complexity index is 785. The Labute approximate surface area is 144 Å². The van der Waals surface area contributed by atoms with E-state index in [9.17, 15) is 4.79 Å². The molecule has 2 aromatic carbocycles. The van der Waals surface area contributed by atoms with Gasteiger partial charge in [0.1, 0.15) is 11.4 Å². The van der Waals surface area contributed by atoms with Crippen LogP contribution in [0.3, 0.4) is 0 Å². The van der Waals surface area contributed by atoms with Crippen molar-refractivity contribution in [1.29, 1.82) is 0 Å². The van der Waals surface area contributed by atoms with Crippen LogP contribution >= 0.6 is 23.8 Å². The number of carbonyl (C=O) groups is 1. The SMILES string of the molecule is COc1ccc(N2C(=O)/C(=C/c3ccc(Cl)cc3)NC2=S)cc1. The zero-order valence-corrected chi connectivity index (χ0v) is 13.8. The first-order valence-electron chi connectivity index (χ1n) is 6.85. The second-order valence-electron chi connectivity index (χ2n) is 4.88. The van der Waals surface area contributed by atoms with Gasteiger partial charge < -0.3 is 10.1 Å². The van der Waals surface area contributed by atoms with E-state index in [1.54, 1.807) is 49.6 Å². The van der Waals surface area contributed by atoms with Gasteiger partial charge >= 0.3 is 0 Å². The highest BCUT2D eigenvalue weighted by atomic mass is 35.5. The molecule has 1 heterocycles. The van der Waals surface area contributed by atoms with Gasteiger partial charge in [-0.05, 0) is 60.3 Å². The molecule has 116 valence electrons. The largest absolute Gasteiger partial charge is 0.497 e. The van der Waals surface area contributed by atoms with Crippen LogP contribution in [0.2, 0.25) is 5.02 Å². The molecular weight excluding hydrogens is 332 g/mol. The average molecular weight is 345 g/mol. The van der Waals surface area contributed by atoms with E-state index in [1.807, 2.05) is 12.1 Å². The Morgan fingerprint density at radius 3 is 2.39 bits per heavy atom. The third kappa shape index (κ3) is 3.21. The third-order valence-corrected chi connectivity index (χ3v) is 3.93. The summed E-state index contributed by atoms with van der Waals surface area (Å²) in [6.07, 6.45) is 1.74. The van der Waals surface area contributed by atoms with Crippen LogP contribution < -0.4 is 15.0 Å². The van der Waals surface area contributed by atoms with Gasteiger partial charge in [-0.2, -0.15) is 0 Å². The van der Waals surface area contributed by atoms with Crippen LogP contribution in [0.15, 0.2) is 54.2 Å². The molecule has 23 heavy (non-hydrogen) atoms. The van der Waals surface area contributed by atoms with E-state index in [1.165, 1.54) is 4.90 Å². The van der Waals surface area contributed by atoms with Crippen LogP contribution in [-0.2, 0) is 4.79 Å². The molecule has 0 radical (unpaired) electrons. The minimum atomic E-state index is -0.199. The maximum atomic E-state index is 12.6. The van der Waals surface area contributed by atoms with E-state index >= 15 is 0 Å². The topological polar surface area (TPSA) is 41.6 Å². The first kappa shape index (κ1) is 15.5. The number of nitrogens with zero attached hydrogens (tertiary/aromatic N) is 1. The number of hydrogen-bond acceptors (Lipinski definition) is 3. The number of methoxy groups -OCH3 is 1. The molecule has 0 unspecified atom stereocenters. The van der Waals surface area contributed by atoms with Gasteiger partial charge in [0, 0.05) is 5.02 Å². The lowest BCUT2D eigenvalue weighted by molar-refractivity contribution is -0.113. The number of ether oxygens (including phenoxy) is 1. The second kappa shape index (κ2) is 6.40. The minimum absolute atomic E-state index is 0.199. The van der Waals surface area contributed by atoms with Crippen LogP contribution in [0.1, 0.15) is 5.56 Å². The zero-order valence-electron chi connectivity index (χ0n) is 12.2. The van der Waals surface area contributed by atoms with Crippen molar-refractivity contribution >= 4 is 46.6 Å². The summed E-state index contributed by atoms with van der Waals surface area (Å²) in [7, 11) is 1.59. The Morgan fingerprint density at radius 2 is 1.78 bits per heavy atom. The summed E-state index contributed by atoms with van der Waals surface area (Å²) < 4.78 is 5.12. The molecule has 0 atom stereocenters. The van der Waals surface area contributed by atoms with Crippen molar-refractivity contribution in [1.82, 2.24) is 5.32 Å². The lowest BCUT2D eigenvalue weighted by Crippen LogP contribution is -2.30. The fourth-order valence-electron chi connectivity index (χ4n) is 2.23. The van der Waals surface area contributed by atoms with E-state index in [0.717, 1.165) is 11.3 Å². The Balaban J connectivity index is 1.88. The molecule has 0 aliphatic carbocycles. The molecule has 0 saturated carbocycles. The number of anilines is 1. The number of carbonyl (C=O) groups excluding carboxylic acids is 1. The van der Waals surface area contributed by atoms with Gasteiger partial charge in [-0.1, -0.05) is 23.7 Å². The van der Waals surface area contributed by atoms with E-state index in [2.05, 4.69) is 5.32 Å². The fraction of sp³-hybridized carbons (Fsp3) is 0.0588. The molecule has 2 aromatic rings. The van der Waals surface area contributed by atoms with Crippen LogP contribution in [0.5, 0.6) is 5.75 Å². The first-order valence-corrected chi connectivity index (χ1v) is 7.64. The maximum Gasteiger partial charge on any atom is 0.281 e. The van der Waals surface area contributed by atoms with E-state index in [4.69, 9.17) is 28.6 Å². The summed E-state index contributed by atoms with van der Waals surface area (Å²) in [5.41, 5.74) is 1.98. The normalized spacial score (nSPS) is 15.9. The summed E-state index contributed by atoms with van der Waals surface area (Å²) in [5, 5.41) is 3.94.